The molecule has 0 saturated heterocycles. The molecule has 0 aliphatic carbocycles. The molecule has 0 aliphatic rings. The second kappa shape index (κ2) is 7.74. The maximum absolute atomic E-state index is 10.2. The number of hydrogen-bond acceptors (Lipinski definition) is 3. The summed E-state index contributed by atoms with van der Waals surface area (Å²) < 4.78 is 5.07. The van der Waals surface area contributed by atoms with Gasteiger partial charge in [-0.3, -0.25) is 0 Å². The van der Waals surface area contributed by atoms with Gasteiger partial charge in [-0.2, -0.15) is 0 Å². The lowest BCUT2D eigenvalue weighted by Gasteiger charge is -2.06. The fraction of sp³-hybridized carbons (Fsp3) is 0.308. The number of carboxylic acids is 1. The molecule has 0 radical (unpaired) electrons. The summed E-state index contributed by atoms with van der Waals surface area (Å²) in [7, 11) is 1.58. The molecule has 0 bridgehead atoms. The molecule has 0 fully saturated rings. The van der Waals surface area contributed by atoms with Crippen LogP contribution < -0.4 is 10.1 Å². The van der Waals surface area contributed by atoms with E-state index in [1.54, 1.807) is 13.2 Å². The highest BCUT2D eigenvalue weighted by Crippen LogP contribution is 2.24. The van der Waals surface area contributed by atoms with E-state index >= 15 is 0 Å². The number of nitrogens with one attached hydrogen (secondary N) is 1. The van der Waals surface area contributed by atoms with Crippen LogP contribution in [0.4, 0.5) is 0 Å². The normalized spacial score (nSPS) is 10.8. The van der Waals surface area contributed by atoms with Crippen molar-refractivity contribution in [2.45, 2.75) is 6.42 Å². The summed E-state index contributed by atoms with van der Waals surface area (Å²) in [6.07, 6.45) is 3.52. The zero-order chi connectivity index (χ0) is 13.4. The van der Waals surface area contributed by atoms with Gasteiger partial charge in [-0.25, -0.2) is 4.79 Å². The van der Waals surface area contributed by atoms with Gasteiger partial charge in [-0.1, -0.05) is 23.7 Å². The van der Waals surface area contributed by atoms with Crippen LogP contribution in [-0.4, -0.2) is 31.3 Å². The summed E-state index contributed by atoms with van der Waals surface area (Å²) in [5.74, 6) is -0.267. The second-order valence-electron chi connectivity index (χ2n) is 3.66. The molecule has 0 saturated carbocycles. The van der Waals surface area contributed by atoms with E-state index in [0.29, 0.717) is 17.3 Å². The second-order valence-corrected chi connectivity index (χ2v) is 4.07. The molecule has 1 rings (SSSR count). The standard InChI is InChI=1S/C13H16ClNO3/c1-18-12-5-4-10(9-11(12)14)6-8-15-7-2-3-13(16)17/h2-5,9,15H,6-8H2,1H3,(H,16,17)/b3-2+. The number of methoxy groups -OCH3 is 1. The lowest BCUT2D eigenvalue weighted by Crippen LogP contribution is -2.17. The SMILES string of the molecule is COc1ccc(CCNC/C=C/C(=O)O)cc1Cl. The first kappa shape index (κ1) is 14.5. The van der Waals surface area contributed by atoms with Gasteiger partial charge >= 0.3 is 5.97 Å². The quantitative estimate of drug-likeness (QED) is 0.588. The van der Waals surface area contributed by atoms with Crippen LogP contribution in [0.2, 0.25) is 5.02 Å². The zero-order valence-corrected chi connectivity index (χ0v) is 10.9. The van der Waals surface area contributed by atoms with Crippen LogP contribution in [0.25, 0.3) is 0 Å². The van der Waals surface area contributed by atoms with Crippen LogP contribution in [0.3, 0.4) is 0 Å². The lowest BCUT2D eigenvalue weighted by molar-refractivity contribution is -0.131. The highest BCUT2D eigenvalue weighted by molar-refractivity contribution is 6.32. The highest BCUT2D eigenvalue weighted by Gasteiger charge is 2.01. The van der Waals surface area contributed by atoms with E-state index in [0.717, 1.165) is 24.6 Å². The lowest BCUT2D eigenvalue weighted by atomic mass is 10.1. The van der Waals surface area contributed by atoms with Crippen LogP contribution in [0.5, 0.6) is 5.75 Å². The average molecular weight is 270 g/mol. The van der Waals surface area contributed by atoms with Gasteiger partial charge in [-0.05, 0) is 30.7 Å². The van der Waals surface area contributed by atoms with E-state index in [-0.39, 0.29) is 0 Å². The van der Waals surface area contributed by atoms with Gasteiger partial charge < -0.3 is 15.2 Å². The number of ether oxygens (including phenoxy) is 1. The molecule has 0 aliphatic heterocycles. The van der Waals surface area contributed by atoms with Crippen molar-refractivity contribution in [1.82, 2.24) is 5.32 Å². The van der Waals surface area contributed by atoms with E-state index in [1.165, 1.54) is 0 Å². The Morgan fingerprint density at radius 1 is 1.56 bits per heavy atom. The van der Waals surface area contributed by atoms with Crippen LogP contribution in [0, 0.1) is 0 Å². The fourth-order valence-corrected chi connectivity index (χ4v) is 1.72. The third-order valence-corrected chi connectivity index (χ3v) is 2.62. The maximum atomic E-state index is 10.2. The van der Waals surface area contributed by atoms with Gasteiger partial charge in [0.25, 0.3) is 0 Å². The number of aliphatic carboxylic acids is 1. The Balaban J connectivity index is 2.31. The minimum atomic E-state index is -0.932. The van der Waals surface area contributed by atoms with E-state index in [1.807, 2.05) is 18.2 Å². The molecule has 98 valence electrons. The minimum absolute atomic E-state index is 0.538. The van der Waals surface area contributed by atoms with Crippen LogP contribution in [0.15, 0.2) is 30.4 Å². The van der Waals surface area contributed by atoms with Crippen LogP contribution in [-0.2, 0) is 11.2 Å². The minimum Gasteiger partial charge on any atom is -0.495 e. The van der Waals surface area contributed by atoms with Crippen molar-refractivity contribution >= 4 is 17.6 Å². The molecule has 1 aromatic carbocycles. The average Bonchev–Trinajstić information content (AvgIpc) is 2.33. The monoisotopic (exact) mass is 269 g/mol. The van der Waals surface area contributed by atoms with Crippen molar-refractivity contribution in [3.8, 4) is 5.75 Å². The molecule has 0 amide bonds. The first-order valence-corrected chi connectivity index (χ1v) is 5.94. The molecule has 0 aromatic heterocycles. The van der Waals surface area contributed by atoms with E-state index in [9.17, 15) is 4.79 Å². The van der Waals surface area contributed by atoms with Gasteiger partial charge in [0.1, 0.15) is 5.75 Å². The Hall–Kier alpha value is -1.52. The van der Waals surface area contributed by atoms with Crippen molar-refractivity contribution in [1.29, 1.82) is 0 Å². The molecule has 0 atom stereocenters. The summed E-state index contributed by atoms with van der Waals surface area (Å²) in [6.45, 7) is 1.29. The maximum Gasteiger partial charge on any atom is 0.328 e. The molecule has 0 spiro atoms. The summed E-state index contributed by atoms with van der Waals surface area (Å²) in [5, 5.41) is 12.1. The van der Waals surface area contributed by atoms with Crippen molar-refractivity contribution in [3.63, 3.8) is 0 Å². The smallest absolute Gasteiger partial charge is 0.328 e. The number of rotatable bonds is 7. The Bertz CT molecular complexity index is 432. The fourth-order valence-electron chi connectivity index (χ4n) is 1.44. The summed E-state index contributed by atoms with van der Waals surface area (Å²) in [5.41, 5.74) is 1.11. The van der Waals surface area contributed by atoms with Gasteiger partial charge in [0.15, 0.2) is 0 Å². The Labute approximate surface area is 111 Å². The number of carbonyl (C=O) groups is 1. The van der Waals surface area contributed by atoms with E-state index in [2.05, 4.69) is 5.32 Å². The van der Waals surface area contributed by atoms with Gasteiger partial charge in [0, 0.05) is 12.6 Å². The highest BCUT2D eigenvalue weighted by atomic mass is 35.5. The Kier molecular flexibility index (Phi) is 6.25. The molecular formula is C13H16ClNO3. The predicted molar refractivity (Wildman–Crippen MR) is 71.4 cm³/mol. The number of carboxylic acid groups (broad SMARTS) is 1. The largest absolute Gasteiger partial charge is 0.495 e. The first-order valence-electron chi connectivity index (χ1n) is 5.56. The topological polar surface area (TPSA) is 58.6 Å². The summed E-state index contributed by atoms with van der Waals surface area (Å²) in [4.78, 5) is 10.2. The van der Waals surface area contributed by atoms with Crippen LogP contribution >= 0.6 is 11.6 Å². The molecule has 18 heavy (non-hydrogen) atoms. The molecule has 5 heteroatoms. The van der Waals surface area contributed by atoms with E-state index in [4.69, 9.17) is 21.4 Å². The summed E-state index contributed by atoms with van der Waals surface area (Å²) in [6, 6.07) is 5.66. The van der Waals surface area contributed by atoms with Crippen LogP contribution in [0.1, 0.15) is 5.56 Å². The zero-order valence-electron chi connectivity index (χ0n) is 10.1. The first-order chi connectivity index (χ1) is 8.63. The summed E-state index contributed by atoms with van der Waals surface area (Å²) >= 11 is 6.01. The molecule has 0 heterocycles. The molecule has 0 unspecified atom stereocenters. The molecule has 2 N–H and O–H groups in total. The number of benzene rings is 1. The number of hydrogen-bond donors (Lipinski definition) is 2. The van der Waals surface area contributed by atoms with E-state index < -0.39 is 5.97 Å². The van der Waals surface area contributed by atoms with Crippen molar-refractivity contribution < 1.29 is 14.6 Å². The van der Waals surface area contributed by atoms with Gasteiger partial charge in [0.2, 0.25) is 0 Å². The van der Waals surface area contributed by atoms with Gasteiger partial charge in [0.05, 0.1) is 12.1 Å². The van der Waals surface area contributed by atoms with Crippen molar-refractivity contribution in [3.05, 3.63) is 40.9 Å². The predicted octanol–water partition coefficient (Wildman–Crippen LogP) is 2.12. The molecular weight excluding hydrogens is 254 g/mol. The number of halogens is 1. The van der Waals surface area contributed by atoms with Gasteiger partial charge in [-0.15, -0.1) is 0 Å². The van der Waals surface area contributed by atoms with Crippen molar-refractivity contribution in [2.24, 2.45) is 0 Å². The molecule has 4 nitrogen and oxygen atoms in total. The molecule has 1 aromatic rings. The Morgan fingerprint density at radius 2 is 2.33 bits per heavy atom. The third kappa shape index (κ3) is 5.21. The van der Waals surface area contributed by atoms with Crippen molar-refractivity contribution in [2.75, 3.05) is 20.2 Å². The Morgan fingerprint density at radius 3 is 2.94 bits per heavy atom. The third-order valence-electron chi connectivity index (χ3n) is 2.33.